The van der Waals surface area contributed by atoms with E-state index in [0.29, 0.717) is 0 Å². The fourth-order valence-corrected chi connectivity index (χ4v) is 1.17. The molecule has 4 heteroatoms. The van der Waals surface area contributed by atoms with Gasteiger partial charge in [0.2, 0.25) is 11.9 Å². The Balaban J connectivity index is 3.10. The molecular formula is C10H14NO3+. The van der Waals surface area contributed by atoms with Gasteiger partial charge in [-0.1, -0.05) is 0 Å². The minimum absolute atomic E-state index is 0.345. The first kappa shape index (κ1) is 10.5. The van der Waals surface area contributed by atoms with E-state index in [0.717, 1.165) is 17.0 Å². The van der Waals surface area contributed by atoms with E-state index < -0.39 is 0 Å². The number of hydrogen-bond donors (Lipinski definition) is 0. The summed E-state index contributed by atoms with van der Waals surface area (Å²) >= 11 is 0. The molecule has 1 aromatic heterocycles. The molecule has 0 unspecified atom stereocenters. The summed E-state index contributed by atoms with van der Waals surface area (Å²) in [7, 11) is 1.61. The molecule has 1 rings (SSSR count). The maximum atomic E-state index is 10.8. The van der Waals surface area contributed by atoms with E-state index in [-0.39, 0.29) is 5.97 Å². The van der Waals surface area contributed by atoms with Gasteiger partial charge in [-0.05, 0) is 6.92 Å². The average Bonchev–Trinajstić information content (AvgIpc) is 2.13. The summed E-state index contributed by atoms with van der Waals surface area (Å²) in [5.74, 6) is 0.438. The van der Waals surface area contributed by atoms with E-state index in [4.69, 9.17) is 9.57 Å². The normalized spacial score (nSPS) is 9.71. The molecule has 0 saturated carbocycles. The van der Waals surface area contributed by atoms with Crippen molar-refractivity contribution in [1.29, 1.82) is 0 Å². The third kappa shape index (κ3) is 2.02. The number of methoxy groups -OCH3 is 1. The van der Waals surface area contributed by atoms with Crippen molar-refractivity contribution in [3.05, 3.63) is 23.5 Å². The Bertz CT molecular complexity index is 361. The highest BCUT2D eigenvalue weighted by atomic mass is 16.7. The molecule has 0 N–H and O–H groups in total. The van der Waals surface area contributed by atoms with Gasteiger partial charge in [0, 0.05) is 24.6 Å². The third-order valence-corrected chi connectivity index (χ3v) is 2.05. The summed E-state index contributed by atoms with van der Waals surface area (Å²) in [6, 6.07) is 1.76. The standard InChI is InChI=1S/C10H14NO3/c1-7-8(2)11(14-9(3)12)6-5-10(7)13-4/h5-6H,1-4H3/q+1. The summed E-state index contributed by atoms with van der Waals surface area (Å²) in [5, 5.41) is 0. The van der Waals surface area contributed by atoms with Crippen molar-refractivity contribution >= 4 is 5.97 Å². The molecule has 0 aliphatic heterocycles. The van der Waals surface area contributed by atoms with Crippen LogP contribution in [0, 0.1) is 13.8 Å². The molecule has 14 heavy (non-hydrogen) atoms. The molecule has 76 valence electrons. The Morgan fingerprint density at radius 1 is 1.43 bits per heavy atom. The van der Waals surface area contributed by atoms with Crippen molar-refractivity contribution in [2.24, 2.45) is 0 Å². The van der Waals surface area contributed by atoms with Crippen LogP contribution in [-0.4, -0.2) is 13.1 Å². The predicted octanol–water partition coefficient (Wildman–Crippen LogP) is 0.575. The van der Waals surface area contributed by atoms with Crippen LogP contribution in [0.4, 0.5) is 0 Å². The second-order valence-corrected chi connectivity index (χ2v) is 3.00. The number of pyridine rings is 1. The highest BCUT2D eigenvalue weighted by Gasteiger charge is 2.16. The molecule has 0 radical (unpaired) electrons. The lowest BCUT2D eigenvalue weighted by molar-refractivity contribution is -0.873. The van der Waals surface area contributed by atoms with Gasteiger partial charge < -0.3 is 4.74 Å². The molecule has 0 aliphatic rings. The summed E-state index contributed by atoms with van der Waals surface area (Å²) in [5.41, 5.74) is 1.80. The van der Waals surface area contributed by atoms with Gasteiger partial charge in [-0.15, -0.1) is 0 Å². The van der Waals surface area contributed by atoms with Crippen molar-refractivity contribution in [3.63, 3.8) is 0 Å². The molecule has 1 heterocycles. The predicted molar refractivity (Wildman–Crippen MR) is 49.9 cm³/mol. The number of nitrogens with zero attached hydrogens (tertiary/aromatic N) is 1. The second-order valence-electron chi connectivity index (χ2n) is 3.00. The van der Waals surface area contributed by atoms with E-state index >= 15 is 0 Å². The highest BCUT2D eigenvalue weighted by Crippen LogP contribution is 2.16. The van der Waals surface area contributed by atoms with Crippen LogP contribution in [0.25, 0.3) is 0 Å². The third-order valence-electron chi connectivity index (χ3n) is 2.05. The quantitative estimate of drug-likeness (QED) is 0.649. The van der Waals surface area contributed by atoms with Crippen LogP contribution in [0.2, 0.25) is 0 Å². The average molecular weight is 196 g/mol. The Morgan fingerprint density at radius 3 is 2.57 bits per heavy atom. The van der Waals surface area contributed by atoms with Gasteiger partial charge in [0.15, 0.2) is 0 Å². The van der Waals surface area contributed by atoms with E-state index in [1.807, 2.05) is 13.8 Å². The largest absolute Gasteiger partial charge is 0.496 e. The second kappa shape index (κ2) is 4.09. The molecule has 0 bridgehead atoms. The molecular weight excluding hydrogens is 182 g/mol. The highest BCUT2D eigenvalue weighted by molar-refractivity contribution is 5.65. The first-order valence-electron chi connectivity index (χ1n) is 4.31. The Kier molecular flexibility index (Phi) is 3.06. The molecule has 0 saturated heterocycles. The summed E-state index contributed by atoms with van der Waals surface area (Å²) < 4.78 is 6.56. The zero-order chi connectivity index (χ0) is 10.7. The smallest absolute Gasteiger partial charge is 0.377 e. The van der Waals surface area contributed by atoms with E-state index in [9.17, 15) is 4.79 Å². The Hall–Kier alpha value is -1.58. The zero-order valence-electron chi connectivity index (χ0n) is 8.83. The number of carbonyl (C=O) groups excluding carboxylic acids is 1. The van der Waals surface area contributed by atoms with Crippen molar-refractivity contribution in [2.75, 3.05) is 7.11 Å². The van der Waals surface area contributed by atoms with E-state index in [2.05, 4.69) is 0 Å². The molecule has 0 aliphatic carbocycles. The van der Waals surface area contributed by atoms with Gasteiger partial charge in [-0.25, -0.2) is 4.79 Å². The van der Waals surface area contributed by atoms with Gasteiger partial charge in [0.25, 0.3) is 0 Å². The van der Waals surface area contributed by atoms with Gasteiger partial charge in [-0.3, -0.25) is 0 Å². The molecule has 0 atom stereocenters. The number of aromatic nitrogens is 1. The number of ether oxygens (including phenoxy) is 1. The van der Waals surface area contributed by atoms with Crippen molar-refractivity contribution in [2.45, 2.75) is 20.8 Å². The maximum absolute atomic E-state index is 10.8. The Labute approximate surface area is 83.0 Å². The van der Waals surface area contributed by atoms with Gasteiger partial charge >= 0.3 is 5.97 Å². The lowest BCUT2D eigenvalue weighted by Gasteiger charge is -2.04. The number of rotatable bonds is 2. The maximum Gasteiger partial charge on any atom is 0.377 e. The van der Waals surface area contributed by atoms with Gasteiger partial charge in [0.05, 0.1) is 12.7 Å². The molecule has 0 amide bonds. The van der Waals surface area contributed by atoms with E-state index in [1.54, 1.807) is 19.4 Å². The van der Waals surface area contributed by atoms with Crippen molar-refractivity contribution in [3.8, 4) is 5.75 Å². The fourth-order valence-electron chi connectivity index (χ4n) is 1.17. The van der Waals surface area contributed by atoms with Crippen molar-refractivity contribution in [1.82, 2.24) is 0 Å². The minimum Gasteiger partial charge on any atom is -0.496 e. The minimum atomic E-state index is -0.345. The molecule has 1 aromatic rings. The Morgan fingerprint density at radius 2 is 2.07 bits per heavy atom. The van der Waals surface area contributed by atoms with Gasteiger partial charge in [-0.2, -0.15) is 4.84 Å². The van der Waals surface area contributed by atoms with Crippen molar-refractivity contribution < 1.29 is 19.1 Å². The lowest BCUT2D eigenvalue weighted by Crippen LogP contribution is -2.47. The van der Waals surface area contributed by atoms with Crippen LogP contribution < -0.4 is 14.3 Å². The molecule has 0 spiro atoms. The van der Waals surface area contributed by atoms with Crippen LogP contribution in [0.3, 0.4) is 0 Å². The molecule has 0 fully saturated rings. The van der Waals surface area contributed by atoms with Crippen LogP contribution in [0.1, 0.15) is 18.2 Å². The monoisotopic (exact) mass is 196 g/mol. The SMILES string of the molecule is COc1cc[n+](OC(C)=O)c(C)c1C. The molecule has 4 nitrogen and oxygen atoms in total. The fraction of sp³-hybridized carbons (Fsp3) is 0.400. The van der Waals surface area contributed by atoms with Crippen LogP contribution >= 0.6 is 0 Å². The summed E-state index contributed by atoms with van der Waals surface area (Å²) in [6.07, 6.45) is 1.66. The lowest BCUT2D eigenvalue weighted by atomic mass is 10.2. The van der Waals surface area contributed by atoms with Gasteiger partial charge in [0.1, 0.15) is 5.75 Å². The summed E-state index contributed by atoms with van der Waals surface area (Å²) in [4.78, 5) is 15.7. The first-order chi connectivity index (χ1) is 6.56. The molecule has 0 aromatic carbocycles. The first-order valence-corrected chi connectivity index (χ1v) is 4.31. The number of hydrogen-bond acceptors (Lipinski definition) is 3. The topological polar surface area (TPSA) is 39.4 Å². The number of carbonyl (C=O) groups is 1. The van der Waals surface area contributed by atoms with Crippen LogP contribution in [0.15, 0.2) is 12.3 Å². The summed E-state index contributed by atoms with van der Waals surface area (Å²) in [6.45, 7) is 5.14. The van der Waals surface area contributed by atoms with Crippen LogP contribution in [0.5, 0.6) is 5.75 Å². The van der Waals surface area contributed by atoms with Crippen LogP contribution in [-0.2, 0) is 4.79 Å². The zero-order valence-corrected chi connectivity index (χ0v) is 8.83. The van der Waals surface area contributed by atoms with E-state index in [1.165, 1.54) is 11.7 Å².